The Morgan fingerprint density at radius 3 is 2.25 bits per heavy atom. The molecule has 0 aromatic rings. The highest BCUT2D eigenvalue weighted by atomic mass is 29.6. The Labute approximate surface area is 103 Å². The van der Waals surface area contributed by atoms with E-state index < -0.39 is 41.6 Å². The van der Waals surface area contributed by atoms with E-state index >= 15 is 0 Å². The summed E-state index contributed by atoms with van der Waals surface area (Å²) in [5.74, 6) is 0. The van der Waals surface area contributed by atoms with Gasteiger partial charge in [-0.3, -0.25) is 0 Å². The van der Waals surface area contributed by atoms with Crippen LogP contribution in [0.4, 0.5) is 0 Å². The third-order valence-corrected chi connectivity index (χ3v) is 20.7. The highest BCUT2D eigenvalue weighted by Gasteiger charge is 2.31. The fourth-order valence-corrected chi connectivity index (χ4v) is 10.2. The first-order chi connectivity index (χ1) is 7.44. The summed E-state index contributed by atoms with van der Waals surface area (Å²) in [6, 6.07) is 0.856. The number of rotatable bonds is 9. The molecule has 0 saturated heterocycles. The quantitative estimate of drug-likeness (QED) is 0.423. The van der Waals surface area contributed by atoms with E-state index in [2.05, 4.69) is 0 Å². The Morgan fingerprint density at radius 2 is 1.75 bits per heavy atom. The Morgan fingerprint density at radius 1 is 1.12 bits per heavy atom. The maximum Gasteiger partial charge on any atom is 0.539 e. The molecule has 0 N–H and O–H groups in total. The molecule has 0 radical (unpaired) electrons. The molecule has 0 aromatic heterocycles. The molecule has 0 unspecified atom stereocenters. The van der Waals surface area contributed by atoms with Crippen molar-refractivity contribution in [2.75, 3.05) is 6.61 Å². The molecular formula is C6H16O5Si5. The van der Waals surface area contributed by atoms with Crippen LogP contribution in [0.3, 0.4) is 0 Å². The molecule has 0 aliphatic carbocycles. The van der Waals surface area contributed by atoms with Crippen molar-refractivity contribution in [3.05, 3.63) is 0 Å². The molecule has 5 nitrogen and oxygen atoms in total. The Balaban J connectivity index is 3.73. The van der Waals surface area contributed by atoms with Gasteiger partial charge in [-0.25, -0.2) is 0 Å². The van der Waals surface area contributed by atoms with Crippen molar-refractivity contribution < 1.29 is 22.3 Å². The predicted molar refractivity (Wildman–Crippen MR) is 66.0 cm³/mol. The SMILES string of the molecule is C[Si](C)(CCCCO[Si](=O)[SiH]=O)[Si](=O)[SiH]=O. The van der Waals surface area contributed by atoms with Gasteiger partial charge in [0.1, 0.15) is 7.59 Å². The van der Waals surface area contributed by atoms with Crippen LogP contribution in [0.1, 0.15) is 12.8 Å². The molecule has 0 atom stereocenters. The van der Waals surface area contributed by atoms with E-state index in [9.17, 15) is 17.8 Å². The van der Waals surface area contributed by atoms with Crippen LogP contribution in [0.25, 0.3) is 0 Å². The van der Waals surface area contributed by atoms with Crippen molar-refractivity contribution in [2.24, 2.45) is 0 Å². The highest BCUT2D eigenvalue weighted by molar-refractivity contribution is 7.43. The summed E-state index contributed by atoms with van der Waals surface area (Å²) in [6.07, 6.45) is 1.58. The summed E-state index contributed by atoms with van der Waals surface area (Å²) < 4.78 is 48.0. The zero-order valence-corrected chi connectivity index (χ0v) is 14.8. The average molecular weight is 309 g/mol. The topological polar surface area (TPSA) is 77.5 Å². The van der Waals surface area contributed by atoms with E-state index in [0.29, 0.717) is 6.61 Å². The maximum absolute atomic E-state index is 11.5. The summed E-state index contributed by atoms with van der Waals surface area (Å²) >= 11 is 0. The molecule has 0 spiro atoms. The van der Waals surface area contributed by atoms with Gasteiger partial charge in [-0.1, -0.05) is 25.6 Å². The lowest BCUT2D eigenvalue weighted by Gasteiger charge is -2.15. The van der Waals surface area contributed by atoms with Gasteiger partial charge in [-0.15, -0.1) is 0 Å². The molecule has 0 aliphatic rings. The molecule has 0 heterocycles. The predicted octanol–water partition coefficient (Wildman–Crippen LogP) is -0.532. The Bertz CT molecular complexity index is 291. The van der Waals surface area contributed by atoms with Gasteiger partial charge in [-0.05, 0) is 6.42 Å². The average Bonchev–Trinajstić information content (AvgIpc) is 2.26. The third kappa shape index (κ3) is 6.62. The van der Waals surface area contributed by atoms with E-state index in [4.69, 9.17) is 4.43 Å². The van der Waals surface area contributed by atoms with Crippen molar-refractivity contribution in [1.29, 1.82) is 0 Å². The molecule has 0 aromatic carbocycles. The van der Waals surface area contributed by atoms with Crippen molar-refractivity contribution in [3.8, 4) is 0 Å². The van der Waals surface area contributed by atoms with Crippen LogP contribution >= 0.6 is 0 Å². The van der Waals surface area contributed by atoms with Gasteiger partial charge in [-0.2, -0.15) is 0 Å². The number of hydrogen-bond acceptors (Lipinski definition) is 5. The van der Waals surface area contributed by atoms with Crippen LogP contribution in [-0.4, -0.2) is 48.2 Å². The fraction of sp³-hybridized carbons (Fsp3) is 1.00. The normalized spacial score (nSPS) is 10.6. The molecule has 0 amide bonds. The molecule has 16 heavy (non-hydrogen) atoms. The standard InChI is InChI=1S/C6H16O5Si5/c1-16(2,15(10)13-8)6-4-3-5-11-14(9)12-7/h12-13H,3-6H2,1-2H3. The summed E-state index contributed by atoms with van der Waals surface area (Å²) in [5, 5.41) is 0. The summed E-state index contributed by atoms with van der Waals surface area (Å²) in [6.45, 7) is 4.33. The number of hydrogen-bond donors (Lipinski definition) is 0. The zero-order valence-electron chi connectivity index (χ0n) is 9.52. The first-order valence-corrected chi connectivity index (χ1v) is 16.5. The minimum absolute atomic E-state index is 0.350. The van der Waals surface area contributed by atoms with Crippen LogP contribution in [-0.2, 0) is 22.3 Å². The van der Waals surface area contributed by atoms with Crippen molar-refractivity contribution >= 4 is 41.6 Å². The lowest BCUT2D eigenvalue weighted by Crippen LogP contribution is -2.41. The van der Waals surface area contributed by atoms with Gasteiger partial charge in [0.15, 0.2) is 0 Å². The molecule has 10 heteroatoms. The second-order valence-corrected chi connectivity index (χ2v) is 22.2. The van der Waals surface area contributed by atoms with Gasteiger partial charge < -0.3 is 22.3 Å². The summed E-state index contributed by atoms with van der Waals surface area (Å²) in [4.78, 5) is 0. The fourth-order valence-electron chi connectivity index (χ4n) is 1.16. The molecule has 90 valence electrons. The first kappa shape index (κ1) is 16.1. The van der Waals surface area contributed by atoms with Crippen LogP contribution in [0.5, 0.6) is 0 Å². The lowest BCUT2D eigenvalue weighted by molar-refractivity contribution is 0.293. The smallest absolute Gasteiger partial charge is 0.523 e. The monoisotopic (exact) mass is 308 g/mol. The zero-order chi connectivity index (χ0) is 12.6. The molecule has 0 aliphatic heterocycles. The summed E-state index contributed by atoms with van der Waals surface area (Å²) in [5.41, 5.74) is 0. The molecule has 0 rings (SSSR count). The lowest BCUT2D eigenvalue weighted by atomic mass is 10.4. The van der Waals surface area contributed by atoms with E-state index in [-0.39, 0.29) is 0 Å². The van der Waals surface area contributed by atoms with E-state index in [1.807, 2.05) is 13.1 Å². The Hall–Kier alpha value is 0.0844. The molecular weight excluding hydrogens is 292 g/mol. The van der Waals surface area contributed by atoms with E-state index in [1.165, 1.54) is 0 Å². The minimum Gasteiger partial charge on any atom is -0.523 e. The van der Waals surface area contributed by atoms with Gasteiger partial charge in [0.2, 0.25) is 0 Å². The van der Waals surface area contributed by atoms with Crippen LogP contribution in [0.15, 0.2) is 0 Å². The molecule has 0 bridgehead atoms. The van der Waals surface area contributed by atoms with E-state index in [1.54, 1.807) is 0 Å². The second-order valence-electron chi connectivity index (χ2n) is 4.11. The molecule has 0 saturated carbocycles. The largest absolute Gasteiger partial charge is 0.539 e. The summed E-state index contributed by atoms with van der Waals surface area (Å²) in [7, 11) is -8.35. The van der Waals surface area contributed by atoms with Crippen LogP contribution in [0.2, 0.25) is 19.1 Å². The second kappa shape index (κ2) is 8.22. The van der Waals surface area contributed by atoms with Crippen LogP contribution < -0.4 is 0 Å². The van der Waals surface area contributed by atoms with Crippen molar-refractivity contribution in [3.63, 3.8) is 0 Å². The van der Waals surface area contributed by atoms with Crippen molar-refractivity contribution in [2.45, 2.75) is 32.0 Å². The van der Waals surface area contributed by atoms with Crippen LogP contribution in [0, 0.1) is 0 Å². The number of unbranched alkanes of at least 4 members (excludes halogenated alkanes) is 1. The third-order valence-electron chi connectivity index (χ3n) is 2.31. The highest BCUT2D eigenvalue weighted by Crippen LogP contribution is 2.12. The molecule has 0 fully saturated rings. The van der Waals surface area contributed by atoms with Gasteiger partial charge in [0, 0.05) is 0 Å². The van der Waals surface area contributed by atoms with Gasteiger partial charge in [0.05, 0.1) is 6.61 Å². The first-order valence-electron chi connectivity index (χ1n) is 5.05. The Kier molecular flexibility index (Phi) is 8.26. The van der Waals surface area contributed by atoms with Gasteiger partial charge >= 0.3 is 34.0 Å². The van der Waals surface area contributed by atoms with Gasteiger partial charge in [0.25, 0.3) is 0 Å². The van der Waals surface area contributed by atoms with Crippen molar-refractivity contribution in [1.82, 2.24) is 0 Å². The van der Waals surface area contributed by atoms with E-state index in [0.717, 1.165) is 18.9 Å². The minimum atomic E-state index is -2.28. The maximum atomic E-state index is 11.5.